The Morgan fingerprint density at radius 2 is 1.87 bits per heavy atom. The zero-order valence-corrected chi connectivity index (χ0v) is 18.6. The first-order valence-corrected chi connectivity index (χ1v) is 11.3. The first-order chi connectivity index (χ1) is 15.3. The zero-order chi connectivity index (χ0) is 21.5. The van der Waals surface area contributed by atoms with Crippen molar-refractivity contribution in [3.8, 4) is 11.5 Å². The van der Waals surface area contributed by atoms with Crippen molar-refractivity contribution in [1.82, 2.24) is 23.6 Å². The molecule has 164 valence electrons. The van der Waals surface area contributed by atoms with Crippen molar-refractivity contribution in [2.75, 3.05) is 49.5 Å². The fourth-order valence-electron chi connectivity index (χ4n) is 3.54. The summed E-state index contributed by atoms with van der Waals surface area (Å²) >= 11 is 1.20. The lowest BCUT2D eigenvalue weighted by Crippen LogP contribution is -2.50. The van der Waals surface area contributed by atoms with Crippen molar-refractivity contribution in [3.05, 3.63) is 42.9 Å². The lowest BCUT2D eigenvalue weighted by atomic mass is 10.2. The van der Waals surface area contributed by atoms with E-state index in [1.165, 1.54) is 18.1 Å². The van der Waals surface area contributed by atoms with Crippen LogP contribution in [-0.4, -0.2) is 69.0 Å². The van der Waals surface area contributed by atoms with Crippen molar-refractivity contribution >= 4 is 29.2 Å². The van der Waals surface area contributed by atoms with Crippen LogP contribution in [-0.2, 0) is 0 Å². The molecule has 3 aromatic rings. The number of nitrogens with one attached hydrogen (secondary N) is 1. The molecule has 0 saturated carbocycles. The number of hydrogen-bond donors (Lipinski definition) is 1. The van der Waals surface area contributed by atoms with Gasteiger partial charge in [0.2, 0.25) is 0 Å². The molecule has 0 aliphatic carbocycles. The molecule has 5 rings (SSSR count). The summed E-state index contributed by atoms with van der Waals surface area (Å²) in [6.45, 7) is 9.07. The van der Waals surface area contributed by atoms with E-state index in [0.717, 1.165) is 55.9 Å². The molecule has 0 unspecified atom stereocenters. The van der Waals surface area contributed by atoms with Crippen molar-refractivity contribution in [3.63, 3.8) is 0 Å². The second-order valence-electron chi connectivity index (χ2n) is 6.94. The van der Waals surface area contributed by atoms with Crippen molar-refractivity contribution in [1.29, 1.82) is 0 Å². The van der Waals surface area contributed by atoms with Gasteiger partial charge in [-0.25, -0.2) is 9.97 Å². The van der Waals surface area contributed by atoms with E-state index in [9.17, 15) is 0 Å². The number of anilines is 3. The van der Waals surface area contributed by atoms with E-state index in [4.69, 9.17) is 9.47 Å². The summed E-state index contributed by atoms with van der Waals surface area (Å²) in [7, 11) is 0. The molecule has 2 aliphatic rings. The van der Waals surface area contributed by atoms with Crippen LogP contribution in [0.4, 0.5) is 17.5 Å². The number of hydrogen-bond acceptors (Lipinski definition) is 10. The van der Waals surface area contributed by atoms with E-state index in [1.54, 1.807) is 6.20 Å². The van der Waals surface area contributed by atoms with Crippen molar-refractivity contribution in [2.24, 2.45) is 0 Å². The molecule has 1 N–H and O–H groups in total. The molecule has 4 heterocycles. The van der Waals surface area contributed by atoms with Gasteiger partial charge in [0.25, 0.3) is 0 Å². The monoisotopic (exact) mass is 441 g/mol. The lowest BCUT2D eigenvalue weighted by Gasteiger charge is -2.37. The van der Waals surface area contributed by atoms with E-state index < -0.39 is 0 Å². The number of para-hydroxylation sites is 2. The maximum absolute atomic E-state index is 6.10. The van der Waals surface area contributed by atoms with Crippen LogP contribution in [0.1, 0.15) is 13.8 Å². The molecule has 0 amide bonds. The summed E-state index contributed by atoms with van der Waals surface area (Å²) < 4.78 is 20.8. The number of rotatable bonds is 5. The van der Waals surface area contributed by atoms with Crippen LogP contribution in [0.25, 0.3) is 0 Å². The Balaban J connectivity index is 0.00000112. The van der Waals surface area contributed by atoms with E-state index >= 15 is 0 Å². The van der Waals surface area contributed by atoms with E-state index in [2.05, 4.69) is 33.8 Å². The summed E-state index contributed by atoms with van der Waals surface area (Å²) in [4.78, 5) is 12.8. The van der Waals surface area contributed by atoms with Crippen LogP contribution >= 0.6 is 11.7 Å². The summed E-state index contributed by atoms with van der Waals surface area (Å²) in [6.07, 6.45) is 3.26. The third-order valence-corrected chi connectivity index (χ3v) is 5.52. The highest BCUT2D eigenvalue weighted by Crippen LogP contribution is 2.31. The van der Waals surface area contributed by atoms with Gasteiger partial charge in [-0.05, 0) is 18.2 Å². The molecule has 0 radical (unpaired) electrons. The van der Waals surface area contributed by atoms with Crippen LogP contribution in [0.5, 0.6) is 11.5 Å². The van der Waals surface area contributed by atoms with Gasteiger partial charge in [-0.1, -0.05) is 26.0 Å². The maximum atomic E-state index is 6.10. The SMILES string of the molecule is CC.c1ccc2c(c1)OC[C@H](CN1CCN(c3nsnc3Nc3ccncn3)CC1)O2. The Kier molecular flexibility index (Phi) is 7.11. The Labute approximate surface area is 186 Å². The number of aromatic nitrogens is 4. The molecule has 2 aliphatic heterocycles. The zero-order valence-electron chi connectivity index (χ0n) is 17.8. The molecule has 1 aromatic carbocycles. The average Bonchev–Trinajstić information content (AvgIpc) is 3.29. The van der Waals surface area contributed by atoms with Gasteiger partial charge >= 0.3 is 0 Å². The number of piperazine rings is 1. The van der Waals surface area contributed by atoms with Gasteiger partial charge in [-0.15, -0.1) is 0 Å². The fraction of sp³-hybridized carbons (Fsp3) is 0.429. The molecule has 9 nitrogen and oxygen atoms in total. The largest absolute Gasteiger partial charge is 0.486 e. The van der Waals surface area contributed by atoms with E-state index in [1.807, 2.05) is 44.2 Å². The highest BCUT2D eigenvalue weighted by atomic mass is 32.1. The van der Waals surface area contributed by atoms with E-state index in [0.29, 0.717) is 12.4 Å². The van der Waals surface area contributed by atoms with Gasteiger partial charge in [0, 0.05) is 38.9 Å². The number of fused-ring (bicyclic) bond motifs is 1. The van der Waals surface area contributed by atoms with Gasteiger partial charge in [-0.2, -0.15) is 8.75 Å². The molecule has 2 aromatic heterocycles. The minimum absolute atomic E-state index is 0.0485. The molecule has 1 atom stereocenters. The number of ether oxygens (including phenoxy) is 2. The van der Waals surface area contributed by atoms with Gasteiger partial charge < -0.3 is 19.7 Å². The minimum Gasteiger partial charge on any atom is -0.486 e. The molecule has 31 heavy (non-hydrogen) atoms. The standard InChI is InChI=1S/C19H21N7O2S.C2H6/c1-2-4-16-15(3-1)27-12-14(28-16)11-25-7-9-26(10-8-25)19-18(23-29-24-19)22-17-5-6-20-13-21-17;1-2/h1-6,13-14H,7-12H2,(H,20,21,22,23);1-2H3/t14-;/m0./s1. The van der Waals surface area contributed by atoms with E-state index in [-0.39, 0.29) is 6.10 Å². The predicted octanol–water partition coefficient (Wildman–Crippen LogP) is 3.06. The third-order valence-electron chi connectivity index (χ3n) is 5.00. The van der Waals surface area contributed by atoms with Gasteiger partial charge in [0.15, 0.2) is 23.1 Å². The number of benzene rings is 1. The van der Waals surface area contributed by atoms with Crippen LogP contribution in [0.3, 0.4) is 0 Å². The Bertz CT molecular complexity index is 948. The molecule has 0 bridgehead atoms. The van der Waals surface area contributed by atoms with Crippen molar-refractivity contribution < 1.29 is 9.47 Å². The van der Waals surface area contributed by atoms with Crippen LogP contribution in [0.15, 0.2) is 42.9 Å². The van der Waals surface area contributed by atoms with Crippen LogP contribution in [0, 0.1) is 0 Å². The Hall–Kier alpha value is -2.98. The molecule has 1 fully saturated rings. The smallest absolute Gasteiger partial charge is 0.190 e. The maximum Gasteiger partial charge on any atom is 0.190 e. The predicted molar refractivity (Wildman–Crippen MR) is 122 cm³/mol. The quantitative estimate of drug-likeness (QED) is 0.642. The molecule has 10 heteroatoms. The van der Waals surface area contributed by atoms with Gasteiger partial charge in [0.1, 0.15) is 24.9 Å². The first-order valence-electron chi connectivity index (χ1n) is 10.6. The highest BCUT2D eigenvalue weighted by Gasteiger charge is 2.27. The highest BCUT2D eigenvalue weighted by molar-refractivity contribution is 6.99. The summed E-state index contributed by atoms with van der Waals surface area (Å²) in [6, 6.07) is 9.65. The Morgan fingerprint density at radius 3 is 2.65 bits per heavy atom. The summed E-state index contributed by atoms with van der Waals surface area (Å²) in [5.41, 5.74) is 0. The Morgan fingerprint density at radius 1 is 1.06 bits per heavy atom. The minimum atomic E-state index is 0.0485. The molecular weight excluding hydrogens is 414 g/mol. The lowest BCUT2D eigenvalue weighted by molar-refractivity contribution is 0.0571. The third kappa shape index (κ3) is 5.20. The molecule has 1 saturated heterocycles. The average molecular weight is 442 g/mol. The second-order valence-corrected chi connectivity index (χ2v) is 7.47. The van der Waals surface area contributed by atoms with Gasteiger partial charge in [0.05, 0.1) is 11.7 Å². The second kappa shape index (κ2) is 10.4. The molecular formula is C21H27N7O2S. The van der Waals surface area contributed by atoms with Crippen LogP contribution in [0.2, 0.25) is 0 Å². The first kappa shape index (κ1) is 21.3. The summed E-state index contributed by atoms with van der Waals surface area (Å²) in [5.74, 6) is 3.98. The van der Waals surface area contributed by atoms with Crippen molar-refractivity contribution in [2.45, 2.75) is 20.0 Å². The van der Waals surface area contributed by atoms with Crippen LogP contribution < -0.4 is 19.7 Å². The van der Waals surface area contributed by atoms with Gasteiger partial charge in [-0.3, -0.25) is 4.90 Å². The number of nitrogens with zero attached hydrogens (tertiary/aromatic N) is 6. The normalized spacial score (nSPS) is 18.1. The topological polar surface area (TPSA) is 88.5 Å². The summed E-state index contributed by atoms with van der Waals surface area (Å²) in [5, 5.41) is 3.23. The molecule has 0 spiro atoms. The fourth-order valence-corrected chi connectivity index (χ4v) is 4.07.